The maximum absolute atomic E-state index is 12.1. The van der Waals surface area contributed by atoms with Crippen molar-refractivity contribution >= 4 is 12.1 Å². The number of nitrogens with zero attached hydrogens (tertiary/aromatic N) is 3. The maximum atomic E-state index is 12.1. The molecule has 0 aromatic carbocycles. The molecule has 0 aromatic rings. The van der Waals surface area contributed by atoms with E-state index >= 15 is 0 Å². The fourth-order valence-electron chi connectivity index (χ4n) is 2.94. The average molecular weight is 356 g/mol. The Labute approximate surface area is 150 Å². The van der Waals surface area contributed by atoms with Crippen LogP contribution in [0, 0.1) is 0 Å². The maximum Gasteiger partial charge on any atom is 0.410 e. The van der Waals surface area contributed by atoms with E-state index in [0.29, 0.717) is 51.9 Å². The van der Waals surface area contributed by atoms with E-state index in [1.807, 2.05) is 25.7 Å². The molecule has 0 unspecified atom stereocenters. The Hall–Kier alpha value is -1.54. The van der Waals surface area contributed by atoms with E-state index in [1.54, 1.807) is 12.0 Å². The summed E-state index contributed by atoms with van der Waals surface area (Å²) in [6.45, 7) is 9.98. The van der Waals surface area contributed by atoms with E-state index in [-0.39, 0.29) is 11.7 Å². The van der Waals surface area contributed by atoms with E-state index in [9.17, 15) is 4.79 Å². The Bertz CT molecular complexity index is 476. The van der Waals surface area contributed by atoms with Crippen molar-refractivity contribution < 1.29 is 19.0 Å². The van der Waals surface area contributed by atoms with E-state index in [0.717, 1.165) is 12.8 Å². The van der Waals surface area contributed by atoms with Crippen LogP contribution in [0.15, 0.2) is 4.99 Å². The van der Waals surface area contributed by atoms with Gasteiger partial charge in [-0.1, -0.05) is 0 Å². The number of aliphatic imine (C=N–C) groups is 1. The molecule has 144 valence electrons. The van der Waals surface area contributed by atoms with Crippen LogP contribution in [0.4, 0.5) is 4.79 Å². The largest absolute Gasteiger partial charge is 0.444 e. The van der Waals surface area contributed by atoms with Gasteiger partial charge in [-0.15, -0.1) is 0 Å². The second kappa shape index (κ2) is 8.23. The van der Waals surface area contributed by atoms with Crippen molar-refractivity contribution in [1.82, 2.24) is 9.80 Å². The number of rotatable bonds is 3. The van der Waals surface area contributed by atoms with Gasteiger partial charge in [0, 0.05) is 59.3 Å². The molecule has 0 aromatic heterocycles. The third-order valence-electron chi connectivity index (χ3n) is 4.62. The Balaban J connectivity index is 1.84. The van der Waals surface area contributed by atoms with Crippen LogP contribution in [0.2, 0.25) is 0 Å². The van der Waals surface area contributed by atoms with Gasteiger partial charge < -0.3 is 29.7 Å². The Morgan fingerprint density at radius 1 is 1.16 bits per heavy atom. The number of carbonyl (C=O) groups is 1. The molecular formula is C17H32N4O4. The summed E-state index contributed by atoms with van der Waals surface area (Å²) < 4.78 is 16.5. The molecule has 8 heteroatoms. The first kappa shape index (κ1) is 19.8. The van der Waals surface area contributed by atoms with Gasteiger partial charge in [-0.2, -0.15) is 0 Å². The topological polar surface area (TPSA) is 89.6 Å². The number of piperazine rings is 1. The lowest BCUT2D eigenvalue weighted by atomic mass is 9.94. The van der Waals surface area contributed by atoms with Crippen LogP contribution < -0.4 is 5.73 Å². The van der Waals surface area contributed by atoms with Crippen molar-refractivity contribution in [2.75, 3.05) is 53.0 Å². The van der Waals surface area contributed by atoms with E-state index in [2.05, 4.69) is 4.99 Å². The molecule has 0 radical (unpaired) electrons. The molecule has 0 spiro atoms. The molecule has 2 fully saturated rings. The molecule has 0 bridgehead atoms. The molecule has 8 nitrogen and oxygen atoms in total. The molecule has 0 atom stereocenters. The summed E-state index contributed by atoms with van der Waals surface area (Å²) in [5.41, 5.74) is 5.40. The molecular weight excluding hydrogens is 324 g/mol. The second-order valence-electron chi connectivity index (χ2n) is 7.63. The van der Waals surface area contributed by atoms with E-state index in [4.69, 9.17) is 19.9 Å². The summed E-state index contributed by atoms with van der Waals surface area (Å²) >= 11 is 0. The van der Waals surface area contributed by atoms with Crippen LogP contribution in [0.3, 0.4) is 0 Å². The molecule has 25 heavy (non-hydrogen) atoms. The highest BCUT2D eigenvalue weighted by molar-refractivity contribution is 5.78. The summed E-state index contributed by atoms with van der Waals surface area (Å²) in [5, 5.41) is 0. The molecule has 2 saturated heterocycles. The van der Waals surface area contributed by atoms with Gasteiger partial charge in [-0.25, -0.2) is 4.79 Å². The van der Waals surface area contributed by atoms with Crippen LogP contribution in [-0.2, 0) is 14.2 Å². The predicted octanol–water partition coefficient (Wildman–Crippen LogP) is 1.05. The number of hydrogen-bond acceptors (Lipinski definition) is 5. The number of guanidine groups is 1. The molecule has 0 aliphatic carbocycles. The standard InChI is InChI=1S/C17H32N4O4/c1-16(2,3)25-15(22)21-9-7-20(8-10-21)14(18)19-13-17(23-4)5-11-24-12-6-17/h5-13H2,1-4H3,(H2,18,19). The van der Waals surface area contributed by atoms with Crippen molar-refractivity contribution in [2.24, 2.45) is 10.7 Å². The summed E-state index contributed by atoms with van der Waals surface area (Å²) in [6, 6.07) is 0. The first-order chi connectivity index (χ1) is 11.7. The van der Waals surface area contributed by atoms with Crippen molar-refractivity contribution in [1.29, 1.82) is 0 Å². The lowest BCUT2D eigenvalue weighted by molar-refractivity contribution is -0.0829. The molecule has 2 aliphatic heterocycles. The highest BCUT2D eigenvalue weighted by atomic mass is 16.6. The number of methoxy groups -OCH3 is 1. The van der Waals surface area contributed by atoms with Crippen molar-refractivity contribution in [3.63, 3.8) is 0 Å². The summed E-state index contributed by atoms with van der Waals surface area (Å²) in [7, 11) is 1.72. The first-order valence-electron chi connectivity index (χ1n) is 8.90. The van der Waals surface area contributed by atoms with Gasteiger partial charge in [0.2, 0.25) is 0 Å². The van der Waals surface area contributed by atoms with Crippen molar-refractivity contribution in [2.45, 2.75) is 44.8 Å². The molecule has 1 amide bonds. The zero-order valence-corrected chi connectivity index (χ0v) is 15.9. The van der Waals surface area contributed by atoms with Gasteiger partial charge in [0.15, 0.2) is 5.96 Å². The van der Waals surface area contributed by atoms with Gasteiger partial charge in [0.25, 0.3) is 0 Å². The minimum atomic E-state index is -0.479. The highest BCUT2D eigenvalue weighted by Gasteiger charge is 2.33. The Morgan fingerprint density at radius 3 is 2.24 bits per heavy atom. The third kappa shape index (κ3) is 5.74. The zero-order chi connectivity index (χ0) is 18.5. The normalized spacial score (nSPS) is 22.0. The monoisotopic (exact) mass is 356 g/mol. The lowest BCUT2D eigenvalue weighted by Crippen LogP contribution is -2.53. The van der Waals surface area contributed by atoms with Crippen LogP contribution >= 0.6 is 0 Å². The van der Waals surface area contributed by atoms with Crippen LogP contribution in [0.25, 0.3) is 0 Å². The molecule has 2 rings (SSSR count). The predicted molar refractivity (Wildman–Crippen MR) is 95.7 cm³/mol. The van der Waals surface area contributed by atoms with Crippen molar-refractivity contribution in [3.8, 4) is 0 Å². The van der Waals surface area contributed by atoms with E-state index < -0.39 is 5.60 Å². The lowest BCUT2D eigenvalue weighted by Gasteiger charge is -2.37. The van der Waals surface area contributed by atoms with Gasteiger partial charge in [0.05, 0.1) is 12.1 Å². The highest BCUT2D eigenvalue weighted by Crippen LogP contribution is 2.24. The number of amides is 1. The fraction of sp³-hybridized carbons (Fsp3) is 0.882. The molecule has 2 aliphatic rings. The minimum absolute atomic E-state index is 0.275. The van der Waals surface area contributed by atoms with Gasteiger partial charge >= 0.3 is 6.09 Å². The fourth-order valence-corrected chi connectivity index (χ4v) is 2.94. The Morgan fingerprint density at radius 2 is 1.72 bits per heavy atom. The Kier molecular flexibility index (Phi) is 6.51. The second-order valence-corrected chi connectivity index (χ2v) is 7.63. The average Bonchev–Trinajstić information content (AvgIpc) is 2.59. The number of nitrogens with two attached hydrogens (primary N) is 1. The van der Waals surface area contributed by atoms with Crippen LogP contribution in [0.1, 0.15) is 33.6 Å². The number of hydrogen-bond donors (Lipinski definition) is 1. The van der Waals surface area contributed by atoms with Gasteiger partial charge in [-0.3, -0.25) is 4.99 Å². The van der Waals surface area contributed by atoms with Crippen LogP contribution in [-0.4, -0.2) is 86.1 Å². The minimum Gasteiger partial charge on any atom is -0.444 e. The molecule has 0 saturated carbocycles. The zero-order valence-electron chi connectivity index (χ0n) is 15.9. The van der Waals surface area contributed by atoms with Crippen molar-refractivity contribution in [3.05, 3.63) is 0 Å². The van der Waals surface area contributed by atoms with E-state index in [1.165, 1.54) is 0 Å². The number of ether oxygens (including phenoxy) is 3. The van der Waals surface area contributed by atoms with Crippen LogP contribution in [0.5, 0.6) is 0 Å². The number of carbonyl (C=O) groups excluding carboxylic acids is 1. The molecule has 2 heterocycles. The van der Waals surface area contributed by atoms with Gasteiger partial charge in [0.1, 0.15) is 5.60 Å². The SMILES string of the molecule is COC1(CN=C(N)N2CCN(C(=O)OC(C)(C)C)CC2)CCOCC1. The molecule has 2 N–H and O–H groups in total. The van der Waals surface area contributed by atoms with Gasteiger partial charge in [-0.05, 0) is 20.8 Å². The quantitative estimate of drug-likeness (QED) is 0.600. The summed E-state index contributed by atoms with van der Waals surface area (Å²) in [4.78, 5) is 20.4. The summed E-state index contributed by atoms with van der Waals surface area (Å²) in [5.74, 6) is 0.506. The third-order valence-corrected chi connectivity index (χ3v) is 4.62. The smallest absolute Gasteiger partial charge is 0.410 e. The first-order valence-corrected chi connectivity index (χ1v) is 8.90. The summed E-state index contributed by atoms with van der Waals surface area (Å²) in [6.07, 6.45) is 1.38.